The van der Waals surface area contributed by atoms with Crippen molar-refractivity contribution in [2.45, 2.75) is 57.6 Å². The van der Waals surface area contributed by atoms with Crippen molar-refractivity contribution < 1.29 is 14.2 Å². The zero-order valence-electron chi connectivity index (χ0n) is 16.0. The third kappa shape index (κ3) is 4.68. The van der Waals surface area contributed by atoms with Crippen molar-refractivity contribution in [3.8, 4) is 11.5 Å². The molecule has 0 radical (unpaired) electrons. The number of hydrogen-bond donors (Lipinski definition) is 0. The van der Waals surface area contributed by atoms with Crippen LogP contribution in [0.3, 0.4) is 0 Å². The molecule has 1 aliphatic carbocycles. The van der Waals surface area contributed by atoms with Crippen LogP contribution in [0.1, 0.15) is 44.6 Å². The van der Waals surface area contributed by atoms with Crippen LogP contribution < -0.4 is 9.47 Å². The molecule has 2 unspecified atom stereocenters. The zero-order chi connectivity index (χ0) is 17.6. The van der Waals surface area contributed by atoms with E-state index in [0.717, 1.165) is 30.4 Å². The Morgan fingerprint density at radius 3 is 2.56 bits per heavy atom. The lowest BCUT2D eigenvalue weighted by atomic mass is 9.91. The van der Waals surface area contributed by atoms with Crippen molar-refractivity contribution in [3.05, 3.63) is 23.8 Å². The Bertz CT molecular complexity index is 548. The van der Waals surface area contributed by atoms with E-state index in [0.29, 0.717) is 12.1 Å². The van der Waals surface area contributed by atoms with Crippen molar-refractivity contribution in [1.82, 2.24) is 4.90 Å². The summed E-state index contributed by atoms with van der Waals surface area (Å²) in [6, 6.07) is 6.76. The van der Waals surface area contributed by atoms with Crippen LogP contribution >= 0.6 is 0 Å². The van der Waals surface area contributed by atoms with Gasteiger partial charge in [0.15, 0.2) is 11.5 Å². The Hall–Kier alpha value is -1.26. The highest BCUT2D eigenvalue weighted by molar-refractivity contribution is 5.42. The van der Waals surface area contributed by atoms with Crippen LogP contribution in [-0.4, -0.2) is 51.0 Å². The lowest BCUT2D eigenvalue weighted by molar-refractivity contribution is -0.0298. The van der Waals surface area contributed by atoms with E-state index in [2.05, 4.69) is 24.0 Å². The van der Waals surface area contributed by atoms with Gasteiger partial charge in [-0.05, 0) is 55.8 Å². The molecular weight excluding hydrogens is 314 g/mol. The molecule has 1 aliphatic heterocycles. The van der Waals surface area contributed by atoms with Gasteiger partial charge < -0.3 is 14.2 Å². The summed E-state index contributed by atoms with van der Waals surface area (Å²) in [6.45, 7) is 5.65. The molecule has 1 aromatic rings. The van der Waals surface area contributed by atoms with Gasteiger partial charge in [0.2, 0.25) is 0 Å². The van der Waals surface area contributed by atoms with E-state index in [1.54, 1.807) is 14.2 Å². The molecule has 0 bridgehead atoms. The Morgan fingerprint density at radius 1 is 1.04 bits per heavy atom. The third-order valence-electron chi connectivity index (χ3n) is 5.76. The largest absolute Gasteiger partial charge is 0.493 e. The molecule has 0 N–H and O–H groups in total. The number of benzene rings is 1. The van der Waals surface area contributed by atoms with Crippen LogP contribution in [0.2, 0.25) is 0 Å². The van der Waals surface area contributed by atoms with Crippen LogP contribution in [0.4, 0.5) is 0 Å². The summed E-state index contributed by atoms with van der Waals surface area (Å²) in [5.74, 6) is 2.42. The number of hydrogen-bond acceptors (Lipinski definition) is 4. The maximum Gasteiger partial charge on any atom is 0.160 e. The fourth-order valence-corrected chi connectivity index (χ4v) is 4.32. The van der Waals surface area contributed by atoms with Crippen molar-refractivity contribution in [2.75, 3.05) is 33.9 Å². The summed E-state index contributed by atoms with van der Waals surface area (Å²) in [5, 5.41) is 0. The molecule has 0 amide bonds. The maximum absolute atomic E-state index is 6.36. The standard InChI is InChI=1S/C21H33NO3/c1-16-10-12-22(15-16)18-6-4-5-7-19(18)25-13-11-17-8-9-20(23-2)21(14-17)24-3/h8-9,14,16,18-19H,4-7,10-13,15H2,1-3H3/t16-,18?,19?/m1/s1. The zero-order valence-corrected chi connectivity index (χ0v) is 16.0. The van der Waals surface area contributed by atoms with Gasteiger partial charge in [0.05, 0.1) is 26.9 Å². The van der Waals surface area contributed by atoms with E-state index < -0.39 is 0 Å². The first kappa shape index (κ1) is 18.5. The van der Waals surface area contributed by atoms with Gasteiger partial charge in [-0.3, -0.25) is 4.90 Å². The average Bonchev–Trinajstić information content (AvgIpc) is 3.08. The Morgan fingerprint density at radius 2 is 1.84 bits per heavy atom. The minimum Gasteiger partial charge on any atom is -0.493 e. The summed E-state index contributed by atoms with van der Waals surface area (Å²) in [4.78, 5) is 2.69. The highest BCUT2D eigenvalue weighted by Gasteiger charge is 2.33. The van der Waals surface area contributed by atoms with Gasteiger partial charge >= 0.3 is 0 Å². The van der Waals surface area contributed by atoms with Crippen LogP contribution in [0.25, 0.3) is 0 Å². The van der Waals surface area contributed by atoms with Gasteiger partial charge in [-0.1, -0.05) is 25.8 Å². The molecule has 3 rings (SSSR count). The van der Waals surface area contributed by atoms with Gasteiger partial charge in [0, 0.05) is 12.6 Å². The second-order valence-corrected chi connectivity index (χ2v) is 7.59. The topological polar surface area (TPSA) is 30.9 Å². The molecular formula is C21H33NO3. The van der Waals surface area contributed by atoms with Crippen LogP contribution in [0.15, 0.2) is 18.2 Å². The lowest BCUT2D eigenvalue weighted by Crippen LogP contribution is -2.45. The van der Waals surface area contributed by atoms with Crippen molar-refractivity contribution in [2.24, 2.45) is 5.92 Å². The number of nitrogens with zero attached hydrogens (tertiary/aromatic N) is 1. The molecule has 0 spiro atoms. The molecule has 2 fully saturated rings. The molecule has 3 atom stereocenters. The van der Waals surface area contributed by atoms with Crippen molar-refractivity contribution in [3.63, 3.8) is 0 Å². The van der Waals surface area contributed by atoms with E-state index in [1.807, 2.05) is 6.07 Å². The summed E-state index contributed by atoms with van der Waals surface area (Å²) in [6.07, 6.45) is 7.83. The molecule has 1 saturated heterocycles. The van der Waals surface area contributed by atoms with Gasteiger partial charge in [0.25, 0.3) is 0 Å². The predicted octanol–water partition coefficient (Wildman–Crippen LogP) is 3.92. The summed E-state index contributed by atoms with van der Waals surface area (Å²) in [7, 11) is 3.35. The van der Waals surface area contributed by atoms with Crippen molar-refractivity contribution in [1.29, 1.82) is 0 Å². The Balaban J connectivity index is 1.53. The number of methoxy groups -OCH3 is 2. The Kier molecular flexibility index (Phi) is 6.60. The molecule has 1 saturated carbocycles. The van der Waals surface area contributed by atoms with E-state index >= 15 is 0 Å². The minimum absolute atomic E-state index is 0.402. The fourth-order valence-electron chi connectivity index (χ4n) is 4.32. The lowest BCUT2D eigenvalue weighted by Gasteiger charge is -2.38. The predicted molar refractivity (Wildman–Crippen MR) is 101 cm³/mol. The van der Waals surface area contributed by atoms with Crippen LogP contribution in [0.5, 0.6) is 11.5 Å². The third-order valence-corrected chi connectivity index (χ3v) is 5.76. The summed E-state index contributed by atoms with van der Waals surface area (Å²) >= 11 is 0. The van der Waals surface area contributed by atoms with Crippen LogP contribution in [0, 0.1) is 5.92 Å². The van der Waals surface area contributed by atoms with Crippen molar-refractivity contribution >= 4 is 0 Å². The van der Waals surface area contributed by atoms with Gasteiger partial charge in [-0.2, -0.15) is 0 Å². The molecule has 140 valence electrons. The quantitative estimate of drug-likeness (QED) is 0.748. The molecule has 0 aromatic heterocycles. The van der Waals surface area contributed by atoms with E-state index in [9.17, 15) is 0 Å². The molecule has 1 heterocycles. The number of rotatable bonds is 7. The fraction of sp³-hybridized carbons (Fsp3) is 0.714. The van der Waals surface area contributed by atoms with Gasteiger partial charge in [-0.25, -0.2) is 0 Å². The van der Waals surface area contributed by atoms with E-state index in [-0.39, 0.29) is 0 Å². The minimum atomic E-state index is 0.402. The molecule has 25 heavy (non-hydrogen) atoms. The summed E-state index contributed by atoms with van der Waals surface area (Å²) < 4.78 is 17.1. The SMILES string of the molecule is COc1ccc(CCOC2CCCCC2N2CC[C@@H](C)C2)cc1OC. The van der Waals surface area contributed by atoms with E-state index in [1.165, 1.54) is 50.8 Å². The maximum atomic E-state index is 6.36. The molecule has 4 nitrogen and oxygen atoms in total. The van der Waals surface area contributed by atoms with E-state index in [4.69, 9.17) is 14.2 Å². The monoisotopic (exact) mass is 347 g/mol. The summed E-state index contributed by atoms with van der Waals surface area (Å²) in [5.41, 5.74) is 1.24. The number of ether oxygens (including phenoxy) is 3. The van der Waals surface area contributed by atoms with Gasteiger partial charge in [0.1, 0.15) is 0 Å². The smallest absolute Gasteiger partial charge is 0.160 e. The first-order chi connectivity index (χ1) is 12.2. The molecule has 2 aliphatic rings. The first-order valence-corrected chi connectivity index (χ1v) is 9.78. The highest BCUT2D eigenvalue weighted by atomic mass is 16.5. The average molecular weight is 347 g/mol. The first-order valence-electron chi connectivity index (χ1n) is 9.78. The molecule has 1 aromatic carbocycles. The van der Waals surface area contributed by atoms with Crippen LogP contribution in [-0.2, 0) is 11.2 Å². The normalized spacial score (nSPS) is 27.4. The second-order valence-electron chi connectivity index (χ2n) is 7.59. The number of likely N-dealkylation sites (tertiary alicyclic amines) is 1. The Labute approximate surface area is 152 Å². The highest BCUT2D eigenvalue weighted by Crippen LogP contribution is 2.30. The second kappa shape index (κ2) is 8.91. The molecule has 4 heteroatoms. The van der Waals surface area contributed by atoms with Gasteiger partial charge in [-0.15, -0.1) is 0 Å².